The van der Waals surface area contributed by atoms with Crippen molar-refractivity contribution in [2.24, 2.45) is 5.41 Å². The van der Waals surface area contributed by atoms with E-state index in [0.717, 1.165) is 12.2 Å². The minimum Gasteiger partial charge on any atom is -0.398 e. The van der Waals surface area contributed by atoms with E-state index in [1.807, 2.05) is 12.1 Å². The van der Waals surface area contributed by atoms with Crippen molar-refractivity contribution < 1.29 is 0 Å². The van der Waals surface area contributed by atoms with E-state index < -0.39 is 0 Å². The summed E-state index contributed by atoms with van der Waals surface area (Å²) in [6, 6.07) is 8.78. The number of nitrogens with one attached hydrogen (secondary N) is 1. The second-order valence-corrected chi connectivity index (χ2v) is 6.04. The largest absolute Gasteiger partial charge is 0.398 e. The Labute approximate surface area is 105 Å². The average molecular weight is 232 g/mol. The molecule has 1 unspecified atom stereocenters. The lowest BCUT2D eigenvalue weighted by molar-refractivity contribution is 0.198. The molecule has 0 bridgehead atoms. The number of para-hydroxylation sites is 1. The van der Waals surface area contributed by atoms with Crippen molar-refractivity contribution in [2.75, 3.05) is 5.73 Å². The van der Waals surface area contributed by atoms with Crippen molar-refractivity contribution in [3.05, 3.63) is 29.8 Å². The van der Waals surface area contributed by atoms with Gasteiger partial charge < -0.3 is 11.1 Å². The van der Waals surface area contributed by atoms with E-state index in [2.05, 4.69) is 31.3 Å². The molecule has 0 aromatic heterocycles. The van der Waals surface area contributed by atoms with Crippen molar-refractivity contribution in [1.29, 1.82) is 0 Å². The molecule has 1 aliphatic rings. The average Bonchev–Trinajstić information content (AvgIpc) is 2.27. The van der Waals surface area contributed by atoms with Crippen LogP contribution in [-0.4, -0.2) is 6.04 Å². The highest BCUT2D eigenvalue weighted by molar-refractivity contribution is 5.46. The van der Waals surface area contributed by atoms with Crippen LogP contribution in [0.3, 0.4) is 0 Å². The van der Waals surface area contributed by atoms with Crippen LogP contribution in [0.25, 0.3) is 0 Å². The van der Waals surface area contributed by atoms with E-state index in [-0.39, 0.29) is 0 Å². The summed E-state index contributed by atoms with van der Waals surface area (Å²) >= 11 is 0. The fraction of sp³-hybridized carbons (Fsp3) is 0.600. The van der Waals surface area contributed by atoms with E-state index in [4.69, 9.17) is 5.73 Å². The minimum atomic E-state index is 0.498. The van der Waals surface area contributed by atoms with Crippen LogP contribution in [0.15, 0.2) is 24.3 Å². The van der Waals surface area contributed by atoms with E-state index in [1.54, 1.807) is 0 Å². The predicted molar refractivity (Wildman–Crippen MR) is 73.7 cm³/mol. The number of nitrogen functional groups attached to an aromatic ring is 1. The smallest absolute Gasteiger partial charge is 0.0359 e. The summed E-state index contributed by atoms with van der Waals surface area (Å²) in [5.74, 6) is 0. The van der Waals surface area contributed by atoms with Gasteiger partial charge in [0.25, 0.3) is 0 Å². The first-order chi connectivity index (χ1) is 8.07. The van der Waals surface area contributed by atoms with Crippen molar-refractivity contribution in [1.82, 2.24) is 5.32 Å². The topological polar surface area (TPSA) is 38.0 Å². The van der Waals surface area contributed by atoms with Gasteiger partial charge in [-0.15, -0.1) is 0 Å². The number of rotatable bonds is 3. The van der Waals surface area contributed by atoms with Gasteiger partial charge >= 0.3 is 0 Å². The second kappa shape index (κ2) is 5.09. The van der Waals surface area contributed by atoms with Crippen LogP contribution in [-0.2, 0) is 6.54 Å². The second-order valence-electron chi connectivity index (χ2n) is 6.04. The summed E-state index contributed by atoms with van der Waals surface area (Å²) in [5.41, 5.74) is 8.56. The molecule has 2 rings (SSSR count). The lowest BCUT2D eigenvalue weighted by Crippen LogP contribution is -2.36. The summed E-state index contributed by atoms with van der Waals surface area (Å²) in [6.07, 6.45) is 5.28. The molecule has 1 atom stereocenters. The molecule has 2 heteroatoms. The Morgan fingerprint density at radius 3 is 2.82 bits per heavy atom. The molecule has 1 saturated carbocycles. The lowest BCUT2D eigenvalue weighted by atomic mass is 9.75. The van der Waals surface area contributed by atoms with Crippen LogP contribution in [0.4, 0.5) is 5.69 Å². The Bertz CT molecular complexity index is 371. The van der Waals surface area contributed by atoms with E-state index in [9.17, 15) is 0 Å². The number of nitrogens with two attached hydrogens (primary N) is 1. The quantitative estimate of drug-likeness (QED) is 0.785. The molecule has 0 spiro atoms. The Morgan fingerprint density at radius 1 is 1.35 bits per heavy atom. The molecule has 3 N–H and O–H groups in total. The molecule has 1 fully saturated rings. The highest BCUT2D eigenvalue weighted by atomic mass is 14.9. The van der Waals surface area contributed by atoms with Gasteiger partial charge in [-0.3, -0.25) is 0 Å². The monoisotopic (exact) mass is 232 g/mol. The maximum absolute atomic E-state index is 5.95. The van der Waals surface area contributed by atoms with Gasteiger partial charge in [0.05, 0.1) is 0 Å². The zero-order valence-corrected chi connectivity index (χ0v) is 11.0. The standard InChI is InChI=1S/C15H24N2/c1-15(2)9-5-7-13(10-15)17-11-12-6-3-4-8-14(12)16/h3-4,6,8,13,17H,5,7,9-11,16H2,1-2H3. The first-order valence-electron chi connectivity index (χ1n) is 6.64. The molecular weight excluding hydrogens is 208 g/mol. The molecular formula is C15H24N2. The van der Waals surface area contributed by atoms with Gasteiger partial charge in [0, 0.05) is 18.3 Å². The Kier molecular flexibility index (Phi) is 3.72. The lowest BCUT2D eigenvalue weighted by Gasteiger charge is -2.35. The summed E-state index contributed by atoms with van der Waals surface area (Å²) in [7, 11) is 0. The maximum Gasteiger partial charge on any atom is 0.0359 e. The van der Waals surface area contributed by atoms with Gasteiger partial charge in [-0.1, -0.05) is 38.5 Å². The fourth-order valence-electron chi connectivity index (χ4n) is 2.82. The first-order valence-corrected chi connectivity index (χ1v) is 6.64. The van der Waals surface area contributed by atoms with Crippen LogP contribution < -0.4 is 11.1 Å². The van der Waals surface area contributed by atoms with Gasteiger partial charge in [0.15, 0.2) is 0 Å². The number of hydrogen-bond acceptors (Lipinski definition) is 2. The molecule has 0 saturated heterocycles. The van der Waals surface area contributed by atoms with Crippen LogP contribution in [0.2, 0.25) is 0 Å². The van der Waals surface area contributed by atoms with Gasteiger partial charge in [-0.05, 0) is 36.3 Å². The Morgan fingerprint density at radius 2 is 2.12 bits per heavy atom. The molecule has 1 aromatic rings. The van der Waals surface area contributed by atoms with Crippen LogP contribution in [0.1, 0.15) is 45.1 Å². The molecule has 0 heterocycles. The van der Waals surface area contributed by atoms with Gasteiger partial charge in [0.1, 0.15) is 0 Å². The Hall–Kier alpha value is -1.02. The molecule has 94 valence electrons. The SMILES string of the molecule is CC1(C)CCCC(NCc2ccccc2N)C1. The van der Waals surface area contributed by atoms with Crippen molar-refractivity contribution in [3.63, 3.8) is 0 Å². The molecule has 17 heavy (non-hydrogen) atoms. The summed E-state index contributed by atoms with van der Waals surface area (Å²) in [5, 5.41) is 3.65. The zero-order valence-electron chi connectivity index (χ0n) is 11.0. The van der Waals surface area contributed by atoms with Gasteiger partial charge in [-0.2, -0.15) is 0 Å². The first kappa shape index (κ1) is 12.4. The van der Waals surface area contributed by atoms with E-state index in [1.165, 1.54) is 31.2 Å². The van der Waals surface area contributed by atoms with Crippen LogP contribution in [0, 0.1) is 5.41 Å². The summed E-state index contributed by atoms with van der Waals surface area (Å²) < 4.78 is 0. The zero-order chi connectivity index (χ0) is 12.3. The van der Waals surface area contributed by atoms with E-state index in [0.29, 0.717) is 11.5 Å². The van der Waals surface area contributed by atoms with Gasteiger partial charge in [0.2, 0.25) is 0 Å². The normalized spacial score (nSPS) is 23.5. The summed E-state index contributed by atoms with van der Waals surface area (Å²) in [6.45, 7) is 5.64. The van der Waals surface area contributed by atoms with Crippen molar-refractivity contribution >= 4 is 5.69 Å². The molecule has 0 radical (unpaired) electrons. The van der Waals surface area contributed by atoms with E-state index >= 15 is 0 Å². The third-order valence-corrected chi connectivity index (χ3v) is 3.84. The molecule has 1 aromatic carbocycles. The summed E-state index contributed by atoms with van der Waals surface area (Å²) in [4.78, 5) is 0. The molecule has 0 amide bonds. The predicted octanol–water partition coefficient (Wildman–Crippen LogP) is 3.33. The molecule has 2 nitrogen and oxygen atoms in total. The highest BCUT2D eigenvalue weighted by Crippen LogP contribution is 2.35. The minimum absolute atomic E-state index is 0.498. The molecule has 0 aliphatic heterocycles. The third kappa shape index (κ3) is 3.47. The highest BCUT2D eigenvalue weighted by Gasteiger charge is 2.27. The van der Waals surface area contributed by atoms with Crippen LogP contribution >= 0.6 is 0 Å². The van der Waals surface area contributed by atoms with Crippen molar-refractivity contribution in [2.45, 2.75) is 52.1 Å². The molecule has 1 aliphatic carbocycles. The maximum atomic E-state index is 5.95. The van der Waals surface area contributed by atoms with Crippen molar-refractivity contribution in [3.8, 4) is 0 Å². The number of hydrogen-bond donors (Lipinski definition) is 2. The third-order valence-electron chi connectivity index (χ3n) is 3.84. The fourth-order valence-corrected chi connectivity index (χ4v) is 2.82. The van der Waals surface area contributed by atoms with Crippen LogP contribution in [0.5, 0.6) is 0 Å². The Balaban J connectivity index is 1.88. The number of benzene rings is 1. The number of anilines is 1. The van der Waals surface area contributed by atoms with Gasteiger partial charge in [-0.25, -0.2) is 0 Å².